The molecule has 240 valence electrons. The highest BCUT2D eigenvalue weighted by atomic mass is 14.1. The highest BCUT2D eigenvalue weighted by molar-refractivity contribution is 7.20. The summed E-state index contributed by atoms with van der Waals surface area (Å²) in [5, 5.41) is 0. The zero-order valence-electron chi connectivity index (χ0n) is 28.2. The van der Waals surface area contributed by atoms with Gasteiger partial charge in [0.15, 0.2) is 0 Å². The van der Waals surface area contributed by atoms with Gasteiger partial charge >= 0.3 is 0 Å². The molecule has 0 radical (unpaired) electrons. The largest absolute Gasteiger partial charge is 0.195 e. The third-order valence-electron chi connectivity index (χ3n) is 10.4. The molecule has 0 aliphatic heterocycles. The lowest BCUT2D eigenvalue weighted by atomic mass is 9.13. The predicted molar refractivity (Wildman–Crippen MR) is 220 cm³/mol. The summed E-state index contributed by atoms with van der Waals surface area (Å²) < 4.78 is 0. The second kappa shape index (κ2) is 15.4. The van der Waals surface area contributed by atoms with Crippen molar-refractivity contribution in [2.45, 2.75) is 0 Å². The summed E-state index contributed by atoms with van der Waals surface area (Å²) in [6.45, 7) is 0. The van der Waals surface area contributed by atoms with Crippen molar-refractivity contribution in [2.75, 3.05) is 0 Å². The van der Waals surface area contributed by atoms with Crippen molar-refractivity contribution < 1.29 is 0 Å². The average molecular weight is 638 g/mol. The van der Waals surface area contributed by atoms with Crippen LogP contribution in [0.25, 0.3) is 0 Å². The molecular weight excluding hydrogens is 598 g/mol. The van der Waals surface area contributed by atoms with Crippen molar-refractivity contribution in [3.8, 4) is 0 Å². The average Bonchev–Trinajstić information content (AvgIpc) is 3.22. The van der Waals surface area contributed by atoms with Crippen LogP contribution >= 0.6 is 0 Å². The Bertz CT molecular complexity index is 1670. The quantitative estimate of drug-likeness (QED) is 0.176. The molecule has 0 aromatic heterocycles. The maximum absolute atomic E-state index is 2.26. The molecule has 0 atom stereocenters. The number of benzene rings is 8. The Morgan fingerprint density at radius 3 is 0.340 bits per heavy atom. The molecule has 0 spiro atoms. The van der Waals surface area contributed by atoms with Gasteiger partial charge in [0.2, 0.25) is 0 Å². The highest BCUT2D eigenvalue weighted by Crippen LogP contribution is 2.11. The lowest BCUT2D eigenvalue weighted by Crippen LogP contribution is -2.74. The molecule has 0 aliphatic carbocycles. The van der Waals surface area contributed by atoms with Gasteiger partial charge in [0.25, 0.3) is 0 Å². The number of hydrogen-bond acceptors (Lipinski definition) is 0. The van der Waals surface area contributed by atoms with E-state index in [-0.39, 0.29) is 0 Å². The predicted octanol–water partition coefficient (Wildman–Crippen LogP) is 6.13. The van der Waals surface area contributed by atoms with Crippen LogP contribution in [0.3, 0.4) is 0 Å². The van der Waals surface area contributed by atoms with Gasteiger partial charge in [-0.2, -0.15) is 43.7 Å². The first-order chi connectivity index (χ1) is 24.8. The molecule has 0 unspecified atom stereocenters. The van der Waals surface area contributed by atoms with Crippen LogP contribution in [0.5, 0.6) is 0 Å². The Kier molecular flexibility index (Phi) is 10.00. The summed E-state index contributed by atoms with van der Waals surface area (Å²) in [6.07, 6.45) is -2.43. The molecule has 2 heteroatoms. The van der Waals surface area contributed by atoms with Crippen molar-refractivity contribution in [1.29, 1.82) is 0 Å². The lowest BCUT2D eigenvalue weighted by Gasteiger charge is -2.44. The Balaban J connectivity index is 0.000000157. The van der Waals surface area contributed by atoms with E-state index in [1.807, 2.05) is 0 Å². The second-order valence-electron chi connectivity index (χ2n) is 13.0. The van der Waals surface area contributed by atoms with Crippen molar-refractivity contribution >= 4 is 56.0 Å². The van der Waals surface area contributed by atoms with E-state index < -0.39 is 12.3 Å². The van der Waals surface area contributed by atoms with Gasteiger partial charge in [-0.05, 0) is 0 Å². The van der Waals surface area contributed by atoms with Crippen molar-refractivity contribution in [3.63, 3.8) is 0 Å². The van der Waals surface area contributed by atoms with Crippen LogP contribution in [0.15, 0.2) is 243 Å². The van der Waals surface area contributed by atoms with Gasteiger partial charge in [0.1, 0.15) is 12.3 Å². The number of hydrogen-bond donors (Lipinski definition) is 0. The van der Waals surface area contributed by atoms with Crippen LogP contribution < -0.4 is 43.7 Å². The molecule has 0 N–H and O–H groups in total. The molecule has 0 fully saturated rings. The van der Waals surface area contributed by atoms with E-state index in [1.54, 1.807) is 0 Å². The first kappa shape index (κ1) is 32.4. The van der Waals surface area contributed by atoms with Crippen LogP contribution in [-0.2, 0) is 0 Å². The third-order valence-corrected chi connectivity index (χ3v) is 10.4. The Morgan fingerprint density at radius 1 is 0.140 bits per heavy atom. The summed E-state index contributed by atoms with van der Waals surface area (Å²) >= 11 is 0. The minimum atomic E-state index is -1.22. The van der Waals surface area contributed by atoms with Gasteiger partial charge in [-0.3, -0.25) is 0 Å². The summed E-state index contributed by atoms with van der Waals surface area (Å²) in [7, 11) is 0. The maximum atomic E-state index is 2.26. The minimum absolute atomic E-state index is 1.22. The molecular formula is C48H40B2-2. The van der Waals surface area contributed by atoms with Gasteiger partial charge in [0, 0.05) is 0 Å². The Labute approximate surface area is 297 Å². The standard InChI is InChI=1S/2C24H20B/c2*1-5-13-21(14-6-1)25(22-15-7-2-8-16-22,23-17-9-3-10-18-23)24-19-11-4-12-20-24/h2*1-20H/q2*-1. The number of rotatable bonds is 8. The maximum Gasteiger partial charge on any atom is 0.108 e. The molecule has 8 rings (SSSR count). The van der Waals surface area contributed by atoms with Crippen LogP contribution in [0.2, 0.25) is 0 Å². The highest BCUT2D eigenvalue weighted by Gasteiger charge is 2.32. The third kappa shape index (κ3) is 6.25. The molecule has 0 amide bonds. The molecule has 0 saturated carbocycles. The summed E-state index contributed by atoms with van der Waals surface area (Å²) in [5.41, 5.74) is 10.7. The zero-order valence-corrected chi connectivity index (χ0v) is 28.2. The first-order valence-corrected chi connectivity index (χ1v) is 17.6. The molecule has 8 aromatic rings. The molecule has 50 heavy (non-hydrogen) atoms. The molecule has 0 aliphatic rings. The van der Waals surface area contributed by atoms with Crippen LogP contribution in [0.4, 0.5) is 0 Å². The van der Waals surface area contributed by atoms with Crippen molar-refractivity contribution in [2.24, 2.45) is 0 Å². The normalized spacial score (nSPS) is 11.2. The van der Waals surface area contributed by atoms with Crippen LogP contribution in [0.1, 0.15) is 0 Å². The van der Waals surface area contributed by atoms with E-state index in [2.05, 4.69) is 243 Å². The summed E-state index contributed by atoms with van der Waals surface area (Å²) in [6, 6.07) is 87.1. The molecule has 0 bridgehead atoms. The van der Waals surface area contributed by atoms with E-state index in [1.165, 1.54) is 43.7 Å². The van der Waals surface area contributed by atoms with Crippen LogP contribution in [-0.4, -0.2) is 12.3 Å². The zero-order chi connectivity index (χ0) is 33.9. The molecule has 8 aromatic carbocycles. The smallest absolute Gasteiger partial charge is 0.108 e. The van der Waals surface area contributed by atoms with Gasteiger partial charge < -0.3 is 0 Å². The van der Waals surface area contributed by atoms with Gasteiger partial charge in [-0.25, -0.2) is 0 Å². The fourth-order valence-electron chi connectivity index (χ4n) is 8.24. The fraction of sp³-hybridized carbons (Fsp3) is 0. The Morgan fingerprint density at radius 2 is 0.240 bits per heavy atom. The van der Waals surface area contributed by atoms with Crippen molar-refractivity contribution in [3.05, 3.63) is 243 Å². The van der Waals surface area contributed by atoms with E-state index in [0.29, 0.717) is 0 Å². The van der Waals surface area contributed by atoms with Gasteiger partial charge in [-0.15, -0.1) is 0 Å². The van der Waals surface area contributed by atoms with E-state index >= 15 is 0 Å². The van der Waals surface area contributed by atoms with E-state index in [9.17, 15) is 0 Å². The minimum Gasteiger partial charge on any atom is -0.195 e. The van der Waals surface area contributed by atoms with Crippen molar-refractivity contribution in [1.82, 2.24) is 0 Å². The summed E-state index contributed by atoms with van der Waals surface area (Å²) in [4.78, 5) is 0. The second-order valence-corrected chi connectivity index (χ2v) is 13.0. The first-order valence-electron chi connectivity index (χ1n) is 17.6. The van der Waals surface area contributed by atoms with Crippen LogP contribution in [0, 0.1) is 0 Å². The Hall–Kier alpha value is -6.11. The van der Waals surface area contributed by atoms with E-state index in [4.69, 9.17) is 0 Å². The molecule has 0 nitrogen and oxygen atoms in total. The fourth-order valence-corrected chi connectivity index (χ4v) is 8.24. The summed E-state index contributed by atoms with van der Waals surface area (Å²) in [5.74, 6) is 0. The van der Waals surface area contributed by atoms with Gasteiger partial charge in [0.05, 0.1) is 0 Å². The van der Waals surface area contributed by atoms with E-state index in [0.717, 1.165) is 0 Å². The monoisotopic (exact) mass is 638 g/mol. The molecule has 0 heterocycles. The van der Waals surface area contributed by atoms with Gasteiger partial charge in [-0.1, -0.05) is 243 Å². The lowest BCUT2D eigenvalue weighted by molar-refractivity contribution is 1.66. The molecule has 0 saturated heterocycles. The topological polar surface area (TPSA) is 0 Å². The SMILES string of the molecule is c1ccc([B-](c2ccccc2)(c2ccccc2)c2ccccc2)cc1.c1ccc([B-](c2ccccc2)(c2ccccc2)c2ccccc2)cc1.